The number of piperidine rings is 1. The predicted octanol–water partition coefficient (Wildman–Crippen LogP) is 7.00. The summed E-state index contributed by atoms with van der Waals surface area (Å²) in [5.41, 5.74) is 4.57. The number of para-hydroxylation sites is 1. The standard InChI is InChI=1S/C39H55N7O4/c1-5-50-36-26-32(46-21-17-30(18-22-46)19-23-49-24-20-40-37(48)25-31-12-7-6-8-13-31)15-16-33(36)42-39-41-27-35(44(3)28-47)38(43-39)45(4)34-14-10-9-11-29(34)2/h9-11,14-16,26-28,30-31H,5-8,12-13,17-25H2,1-4H3,(H,40,48)(H,41,42,43). The van der Waals surface area contributed by atoms with Crippen molar-refractivity contribution in [1.82, 2.24) is 15.3 Å². The van der Waals surface area contributed by atoms with Gasteiger partial charge in [-0.05, 0) is 81.5 Å². The van der Waals surface area contributed by atoms with E-state index in [2.05, 4.69) is 32.7 Å². The summed E-state index contributed by atoms with van der Waals surface area (Å²) in [5, 5.41) is 6.40. The largest absolute Gasteiger partial charge is 0.492 e. The van der Waals surface area contributed by atoms with Crippen LogP contribution in [0.4, 0.5) is 34.5 Å². The highest BCUT2D eigenvalue weighted by Gasteiger charge is 2.22. The number of ether oxygens (including phenoxy) is 2. The van der Waals surface area contributed by atoms with Gasteiger partial charge in [0.1, 0.15) is 11.4 Å². The molecule has 2 fully saturated rings. The molecule has 0 bridgehead atoms. The average molecular weight is 686 g/mol. The Balaban J connectivity index is 1.13. The number of hydrogen-bond acceptors (Lipinski definition) is 9. The minimum atomic E-state index is 0.172. The highest BCUT2D eigenvalue weighted by molar-refractivity contribution is 5.84. The average Bonchev–Trinajstić information content (AvgIpc) is 3.14. The van der Waals surface area contributed by atoms with E-state index < -0.39 is 0 Å². The fourth-order valence-electron chi connectivity index (χ4n) is 7.06. The van der Waals surface area contributed by atoms with Gasteiger partial charge < -0.3 is 34.8 Å². The van der Waals surface area contributed by atoms with Crippen LogP contribution in [0.1, 0.15) is 70.3 Å². The van der Waals surface area contributed by atoms with E-state index in [9.17, 15) is 9.59 Å². The molecule has 1 aliphatic heterocycles. The number of carbonyl (C=O) groups excluding carboxylic acids is 2. The zero-order chi connectivity index (χ0) is 35.3. The lowest BCUT2D eigenvalue weighted by atomic mass is 9.87. The van der Waals surface area contributed by atoms with Crippen LogP contribution in [0.15, 0.2) is 48.7 Å². The van der Waals surface area contributed by atoms with Crippen molar-refractivity contribution >= 4 is 46.8 Å². The quantitative estimate of drug-likeness (QED) is 0.115. The molecule has 0 spiro atoms. The molecular formula is C39H55N7O4. The van der Waals surface area contributed by atoms with Gasteiger partial charge in [-0.3, -0.25) is 9.59 Å². The van der Waals surface area contributed by atoms with Crippen LogP contribution in [0.5, 0.6) is 5.75 Å². The molecule has 0 radical (unpaired) electrons. The lowest BCUT2D eigenvalue weighted by Crippen LogP contribution is -2.34. The van der Waals surface area contributed by atoms with Gasteiger partial charge in [0.25, 0.3) is 0 Å². The van der Waals surface area contributed by atoms with Gasteiger partial charge in [0.15, 0.2) is 5.82 Å². The maximum atomic E-state index is 12.2. The summed E-state index contributed by atoms with van der Waals surface area (Å²) in [6, 6.07) is 14.3. The number of aryl methyl sites for hydroxylation is 1. The van der Waals surface area contributed by atoms with E-state index in [1.54, 1.807) is 13.2 Å². The summed E-state index contributed by atoms with van der Waals surface area (Å²) in [6.07, 6.45) is 12.6. The first-order chi connectivity index (χ1) is 24.4. The summed E-state index contributed by atoms with van der Waals surface area (Å²) in [5.74, 6) is 3.11. The monoisotopic (exact) mass is 685 g/mol. The third-order valence-electron chi connectivity index (χ3n) is 10.0. The maximum Gasteiger partial charge on any atom is 0.229 e. The van der Waals surface area contributed by atoms with Gasteiger partial charge in [0.05, 0.1) is 25.1 Å². The summed E-state index contributed by atoms with van der Waals surface area (Å²) in [6.45, 7) is 8.40. The predicted molar refractivity (Wildman–Crippen MR) is 201 cm³/mol. The molecule has 0 unspecified atom stereocenters. The van der Waals surface area contributed by atoms with Crippen LogP contribution in [0, 0.1) is 18.8 Å². The molecule has 1 saturated carbocycles. The molecule has 3 aromatic rings. The van der Waals surface area contributed by atoms with Crippen molar-refractivity contribution < 1.29 is 19.1 Å². The number of nitrogens with one attached hydrogen (secondary N) is 2. The molecule has 2 aliphatic rings. The van der Waals surface area contributed by atoms with Crippen LogP contribution in [-0.4, -0.2) is 75.8 Å². The van der Waals surface area contributed by atoms with Gasteiger partial charge in [0, 0.05) is 64.2 Å². The van der Waals surface area contributed by atoms with Crippen molar-refractivity contribution in [3.8, 4) is 5.75 Å². The molecule has 1 aliphatic carbocycles. The normalized spacial score (nSPS) is 15.4. The number of aromatic nitrogens is 2. The zero-order valence-electron chi connectivity index (χ0n) is 30.3. The molecule has 50 heavy (non-hydrogen) atoms. The highest BCUT2D eigenvalue weighted by Crippen LogP contribution is 2.36. The van der Waals surface area contributed by atoms with Gasteiger partial charge in [-0.15, -0.1) is 0 Å². The van der Waals surface area contributed by atoms with E-state index in [0.717, 1.165) is 73.7 Å². The molecule has 2 heterocycles. The second-order valence-electron chi connectivity index (χ2n) is 13.6. The third kappa shape index (κ3) is 10.1. The Kier molecular flexibility index (Phi) is 13.7. The van der Waals surface area contributed by atoms with Crippen LogP contribution in [0.25, 0.3) is 0 Å². The molecule has 2 N–H and O–H groups in total. The Morgan fingerprint density at radius 2 is 1.78 bits per heavy atom. The van der Waals surface area contributed by atoms with Crippen LogP contribution in [0.3, 0.4) is 0 Å². The summed E-state index contributed by atoms with van der Waals surface area (Å²) >= 11 is 0. The van der Waals surface area contributed by atoms with Crippen molar-refractivity contribution in [1.29, 1.82) is 0 Å². The number of rotatable bonds is 17. The first-order valence-corrected chi connectivity index (χ1v) is 18.3. The number of anilines is 6. The highest BCUT2D eigenvalue weighted by atomic mass is 16.5. The van der Waals surface area contributed by atoms with Gasteiger partial charge in [-0.1, -0.05) is 37.5 Å². The fraction of sp³-hybridized carbons (Fsp3) is 0.538. The lowest BCUT2D eigenvalue weighted by Gasteiger charge is -2.34. The van der Waals surface area contributed by atoms with Crippen molar-refractivity contribution in [2.45, 2.75) is 71.6 Å². The minimum Gasteiger partial charge on any atom is -0.492 e. The van der Waals surface area contributed by atoms with E-state index >= 15 is 0 Å². The molecular weight excluding hydrogens is 630 g/mol. The third-order valence-corrected chi connectivity index (χ3v) is 10.0. The van der Waals surface area contributed by atoms with Crippen molar-refractivity contribution in [2.24, 2.45) is 11.8 Å². The second-order valence-corrected chi connectivity index (χ2v) is 13.6. The molecule has 2 amide bonds. The van der Waals surface area contributed by atoms with E-state index in [1.165, 1.54) is 37.0 Å². The Bertz CT molecular complexity index is 1540. The molecule has 11 heteroatoms. The van der Waals surface area contributed by atoms with Crippen LogP contribution in [0.2, 0.25) is 0 Å². The number of hydrogen-bond donors (Lipinski definition) is 2. The van der Waals surface area contributed by atoms with Crippen LogP contribution >= 0.6 is 0 Å². The van der Waals surface area contributed by atoms with Crippen molar-refractivity contribution in [3.05, 3.63) is 54.2 Å². The van der Waals surface area contributed by atoms with E-state index in [1.807, 2.05) is 56.1 Å². The molecule has 11 nitrogen and oxygen atoms in total. The number of benzene rings is 2. The maximum absolute atomic E-state index is 12.2. The molecule has 1 saturated heterocycles. The topological polar surface area (TPSA) is 112 Å². The number of nitrogens with zero attached hydrogens (tertiary/aromatic N) is 5. The van der Waals surface area contributed by atoms with E-state index in [0.29, 0.717) is 55.5 Å². The first kappa shape index (κ1) is 36.9. The summed E-state index contributed by atoms with van der Waals surface area (Å²) in [4.78, 5) is 39.2. The fourth-order valence-corrected chi connectivity index (χ4v) is 7.06. The number of amides is 2. The molecule has 0 atom stereocenters. The first-order valence-electron chi connectivity index (χ1n) is 18.3. The second kappa shape index (κ2) is 18.6. The number of carbonyl (C=O) groups is 2. The molecule has 5 rings (SSSR count). The van der Waals surface area contributed by atoms with Gasteiger partial charge in [-0.25, -0.2) is 4.98 Å². The molecule has 1 aromatic heterocycles. The molecule has 270 valence electrons. The van der Waals surface area contributed by atoms with Gasteiger partial charge in [0.2, 0.25) is 18.3 Å². The lowest BCUT2D eigenvalue weighted by molar-refractivity contribution is -0.122. The Morgan fingerprint density at radius 1 is 1.00 bits per heavy atom. The van der Waals surface area contributed by atoms with E-state index in [4.69, 9.17) is 14.5 Å². The van der Waals surface area contributed by atoms with Crippen molar-refractivity contribution in [3.63, 3.8) is 0 Å². The van der Waals surface area contributed by atoms with E-state index in [-0.39, 0.29) is 5.91 Å². The SMILES string of the molecule is CCOc1cc(N2CCC(CCOCCNC(=O)CC3CCCCC3)CC2)ccc1Nc1ncc(N(C)C=O)c(N(C)c2ccccc2C)n1. The van der Waals surface area contributed by atoms with Gasteiger partial charge >= 0.3 is 0 Å². The van der Waals surface area contributed by atoms with Crippen molar-refractivity contribution in [2.75, 3.05) is 73.6 Å². The van der Waals surface area contributed by atoms with Gasteiger partial charge in [-0.2, -0.15) is 4.98 Å². The summed E-state index contributed by atoms with van der Waals surface area (Å²) in [7, 11) is 3.63. The molecule has 2 aromatic carbocycles. The van der Waals surface area contributed by atoms with Crippen LogP contribution < -0.4 is 30.1 Å². The Morgan fingerprint density at radius 3 is 2.52 bits per heavy atom. The Labute approximate surface area is 297 Å². The summed E-state index contributed by atoms with van der Waals surface area (Å²) < 4.78 is 12.0. The Hall–Kier alpha value is -4.38. The smallest absolute Gasteiger partial charge is 0.229 e. The minimum absolute atomic E-state index is 0.172. The van der Waals surface area contributed by atoms with Crippen LogP contribution in [-0.2, 0) is 14.3 Å². The zero-order valence-corrected chi connectivity index (χ0v) is 30.3.